The van der Waals surface area contributed by atoms with Crippen LogP contribution in [0.5, 0.6) is 11.6 Å². The van der Waals surface area contributed by atoms with Crippen LogP contribution in [0.15, 0.2) is 47.5 Å². The van der Waals surface area contributed by atoms with Crippen molar-refractivity contribution >= 4 is 27.0 Å². The van der Waals surface area contributed by atoms with Crippen molar-refractivity contribution in [1.82, 2.24) is 4.98 Å². The van der Waals surface area contributed by atoms with Gasteiger partial charge in [0.25, 0.3) is 0 Å². The van der Waals surface area contributed by atoms with Crippen LogP contribution in [0.25, 0.3) is 0 Å². The number of thiocarbonyl (C=S) groups is 1. The van der Waals surface area contributed by atoms with Crippen molar-refractivity contribution in [2.24, 2.45) is 5.73 Å². The molecule has 1 heterocycles. The van der Waals surface area contributed by atoms with Gasteiger partial charge >= 0.3 is 0 Å². The molecule has 1 aromatic heterocycles. The summed E-state index contributed by atoms with van der Waals surface area (Å²) in [7, 11) is -3.28. The second-order valence-electron chi connectivity index (χ2n) is 4.10. The highest BCUT2D eigenvalue weighted by Crippen LogP contribution is 2.23. The van der Waals surface area contributed by atoms with Crippen molar-refractivity contribution in [2.45, 2.75) is 4.90 Å². The van der Waals surface area contributed by atoms with Crippen molar-refractivity contribution in [3.05, 3.63) is 48.2 Å². The smallest absolute Gasteiger partial charge is 0.219 e. The SMILES string of the molecule is CS(=O)(=O)c1cccc(Oc2cc(C(N)=S)ccn2)c1. The minimum Gasteiger partial charge on any atom is -0.439 e. The maximum Gasteiger partial charge on any atom is 0.219 e. The first-order valence-electron chi connectivity index (χ1n) is 5.60. The summed E-state index contributed by atoms with van der Waals surface area (Å²) in [5.74, 6) is 0.668. The molecule has 0 unspecified atom stereocenters. The van der Waals surface area contributed by atoms with Crippen molar-refractivity contribution in [3.8, 4) is 11.6 Å². The molecule has 20 heavy (non-hydrogen) atoms. The summed E-state index contributed by atoms with van der Waals surface area (Å²) < 4.78 is 28.5. The zero-order valence-electron chi connectivity index (χ0n) is 10.6. The highest BCUT2D eigenvalue weighted by molar-refractivity contribution is 7.90. The van der Waals surface area contributed by atoms with Crippen LogP contribution in [0.3, 0.4) is 0 Å². The number of aromatic nitrogens is 1. The van der Waals surface area contributed by atoms with Crippen LogP contribution in [0.1, 0.15) is 5.56 Å². The van der Waals surface area contributed by atoms with Crippen LogP contribution in [-0.4, -0.2) is 24.6 Å². The van der Waals surface area contributed by atoms with Gasteiger partial charge in [-0.3, -0.25) is 0 Å². The zero-order chi connectivity index (χ0) is 14.8. The summed E-state index contributed by atoms with van der Waals surface area (Å²) in [4.78, 5) is 4.44. The fraction of sp³-hybridized carbons (Fsp3) is 0.0769. The summed E-state index contributed by atoms with van der Waals surface area (Å²) in [6, 6.07) is 9.44. The molecule has 0 aliphatic carbocycles. The van der Waals surface area contributed by atoms with Gasteiger partial charge in [0.1, 0.15) is 10.7 Å². The lowest BCUT2D eigenvalue weighted by molar-refractivity contribution is 0.461. The van der Waals surface area contributed by atoms with E-state index in [0.717, 1.165) is 6.26 Å². The molecule has 0 saturated carbocycles. The molecule has 2 aromatic rings. The molecule has 2 N–H and O–H groups in total. The average molecular weight is 308 g/mol. The Balaban J connectivity index is 2.31. The topological polar surface area (TPSA) is 82.3 Å². The first-order valence-corrected chi connectivity index (χ1v) is 7.90. The molecule has 0 aliphatic heterocycles. The normalized spacial score (nSPS) is 11.1. The third-order valence-electron chi connectivity index (χ3n) is 2.48. The standard InChI is InChI=1S/C13H12N2O3S2/c1-20(16,17)11-4-2-3-10(8-11)18-12-7-9(13(14)19)5-6-15-12/h2-8H,1H3,(H2,14,19). The second kappa shape index (κ2) is 5.56. The van der Waals surface area contributed by atoms with Crippen LogP contribution in [0.4, 0.5) is 0 Å². The third kappa shape index (κ3) is 3.52. The number of nitrogens with two attached hydrogens (primary N) is 1. The Bertz CT molecular complexity index is 758. The first kappa shape index (κ1) is 14.4. The molecule has 104 valence electrons. The molecule has 2 rings (SSSR count). The highest BCUT2D eigenvalue weighted by atomic mass is 32.2. The molecule has 0 saturated heterocycles. The van der Waals surface area contributed by atoms with E-state index < -0.39 is 9.84 Å². The Hall–Kier alpha value is -1.99. The number of sulfone groups is 1. The van der Waals surface area contributed by atoms with Crippen LogP contribution < -0.4 is 10.5 Å². The molecular weight excluding hydrogens is 296 g/mol. The molecule has 1 aromatic carbocycles. The van der Waals surface area contributed by atoms with Crippen LogP contribution in [-0.2, 0) is 9.84 Å². The quantitative estimate of drug-likeness (QED) is 0.869. The van der Waals surface area contributed by atoms with E-state index in [1.807, 2.05) is 0 Å². The van der Waals surface area contributed by atoms with E-state index in [4.69, 9.17) is 22.7 Å². The summed E-state index contributed by atoms with van der Waals surface area (Å²) >= 11 is 4.87. The third-order valence-corrected chi connectivity index (χ3v) is 3.82. The second-order valence-corrected chi connectivity index (χ2v) is 6.55. The van der Waals surface area contributed by atoms with Gasteiger partial charge in [0.15, 0.2) is 9.84 Å². The number of hydrogen-bond donors (Lipinski definition) is 1. The largest absolute Gasteiger partial charge is 0.439 e. The minimum atomic E-state index is -3.28. The summed E-state index contributed by atoms with van der Waals surface area (Å²) in [5.41, 5.74) is 6.15. The van der Waals surface area contributed by atoms with E-state index in [1.165, 1.54) is 18.3 Å². The van der Waals surface area contributed by atoms with Gasteiger partial charge in [-0.15, -0.1) is 0 Å². The number of rotatable bonds is 4. The monoisotopic (exact) mass is 308 g/mol. The number of ether oxygens (including phenoxy) is 1. The Morgan fingerprint density at radius 2 is 2.05 bits per heavy atom. The van der Waals surface area contributed by atoms with Gasteiger partial charge in [-0.25, -0.2) is 13.4 Å². The fourth-order valence-electron chi connectivity index (χ4n) is 1.51. The van der Waals surface area contributed by atoms with E-state index in [-0.39, 0.29) is 9.88 Å². The van der Waals surface area contributed by atoms with Gasteiger partial charge in [-0.2, -0.15) is 0 Å². The molecule has 0 atom stereocenters. The molecule has 0 aliphatic rings. The van der Waals surface area contributed by atoms with Crippen LogP contribution in [0, 0.1) is 0 Å². The van der Waals surface area contributed by atoms with Gasteiger partial charge < -0.3 is 10.5 Å². The first-order chi connectivity index (χ1) is 9.36. The lowest BCUT2D eigenvalue weighted by Crippen LogP contribution is -2.09. The van der Waals surface area contributed by atoms with Crippen LogP contribution >= 0.6 is 12.2 Å². The Kier molecular flexibility index (Phi) is 4.01. The molecule has 7 heteroatoms. The van der Waals surface area contributed by atoms with Crippen molar-refractivity contribution < 1.29 is 13.2 Å². The average Bonchev–Trinajstić information content (AvgIpc) is 2.38. The minimum absolute atomic E-state index is 0.181. The lowest BCUT2D eigenvalue weighted by Gasteiger charge is -2.07. The molecule has 0 spiro atoms. The number of benzene rings is 1. The van der Waals surface area contributed by atoms with E-state index in [0.29, 0.717) is 17.2 Å². The van der Waals surface area contributed by atoms with Gasteiger partial charge in [0.2, 0.25) is 5.88 Å². The predicted octanol–water partition coefficient (Wildman–Crippen LogP) is 1.91. The lowest BCUT2D eigenvalue weighted by atomic mass is 10.3. The summed E-state index contributed by atoms with van der Waals surface area (Å²) in [6.45, 7) is 0. The van der Waals surface area contributed by atoms with E-state index in [2.05, 4.69) is 4.98 Å². The predicted molar refractivity (Wildman–Crippen MR) is 79.8 cm³/mol. The van der Waals surface area contributed by atoms with Gasteiger partial charge in [0, 0.05) is 24.1 Å². The summed E-state index contributed by atoms with van der Waals surface area (Å²) in [5, 5.41) is 0. The summed E-state index contributed by atoms with van der Waals surface area (Å²) in [6.07, 6.45) is 2.65. The van der Waals surface area contributed by atoms with E-state index in [9.17, 15) is 8.42 Å². The van der Waals surface area contributed by atoms with Gasteiger partial charge in [-0.05, 0) is 24.3 Å². The van der Waals surface area contributed by atoms with Gasteiger partial charge in [-0.1, -0.05) is 18.3 Å². The maximum absolute atomic E-state index is 11.5. The number of nitrogens with zero attached hydrogens (tertiary/aromatic N) is 1. The molecule has 0 fully saturated rings. The Labute approximate surface area is 122 Å². The Morgan fingerprint density at radius 3 is 2.70 bits per heavy atom. The van der Waals surface area contributed by atoms with Crippen molar-refractivity contribution in [3.63, 3.8) is 0 Å². The Morgan fingerprint density at radius 1 is 1.30 bits per heavy atom. The zero-order valence-corrected chi connectivity index (χ0v) is 12.2. The van der Waals surface area contributed by atoms with E-state index in [1.54, 1.807) is 24.3 Å². The van der Waals surface area contributed by atoms with Crippen LogP contribution in [0.2, 0.25) is 0 Å². The van der Waals surface area contributed by atoms with Gasteiger partial charge in [0.05, 0.1) is 4.90 Å². The number of hydrogen-bond acceptors (Lipinski definition) is 5. The van der Waals surface area contributed by atoms with E-state index >= 15 is 0 Å². The molecule has 5 nitrogen and oxygen atoms in total. The highest BCUT2D eigenvalue weighted by Gasteiger charge is 2.09. The van der Waals surface area contributed by atoms with Crippen molar-refractivity contribution in [2.75, 3.05) is 6.26 Å². The molecule has 0 amide bonds. The molecular formula is C13H12N2O3S2. The molecule has 0 radical (unpaired) electrons. The maximum atomic E-state index is 11.5. The fourth-order valence-corrected chi connectivity index (χ4v) is 2.29. The number of pyridine rings is 1. The molecule has 0 bridgehead atoms. The van der Waals surface area contributed by atoms with Crippen molar-refractivity contribution in [1.29, 1.82) is 0 Å².